The maximum Gasteiger partial charge on any atom is 0.160 e. The number of pyridine rings is 1. The summed E-state index contributed by atoms with van der Waals surface area (Å²) >= 11 is 0. The molecule has 0 bridgehead atoms. The third-order valence-corrected chi connectivity index (χ3v) is 3.49. The Morgan fingerprint density at radius 1 is 1.44 bits per heavy atom. The molecule has 4 nitrogen and oxygen atoms in total. The van der Waals surface area contributed by atoms with Crippen LogP contribution in [-0.2, 0) is 4.74 Å². The van der Waals surface area contributed by atoms with E-state index in [0.29, 0.717) is 12.0 Å². The SMILES string of the molecule is CC(C)c1nc2cccnc2n1C1CCCOC1. The van der Waals surface area contributed by atoms with Crippen LogP contribution >= 0.6 is 0 Å². The standard InChI is InChI=1S/C14H19N3O/c1-10(2)13-16-12-6-3-7-15-14(12)17(13)11-5-4-8-18-9-11/h3,6-7,10-11H,4-5,8-9H2,1-2H3. The molecule has 2 aromatic heterocycles. The molecule has 0 amide bonds. The molecule has 2 aromatic rings. The number of aromatic nitrogens is 3. The minimum atomic E-state index is 0.385. The molecular weight excluding hydrogens is 226 g/mol. The molecule has 1 aliphatic heterocycles. The van der Waals surface area contributed by atoms with Crippen LogP contribution in [0, 0.1) is 0 Å². The predicted molar refractivity (Wildman–Crippen MR) is 70.7 cm³/mol. The van der Waals surface area contributed by atoms with Crippen molar-refractivity contribution in [3.8, 4) is 0 Å². The fraction of sp³-hybridized carbons (Fsp3) is 0.571. The van der Waals surface area contributed by atoms with Gasteiger partial charge in [0.1, 0.15) is 11.3 Å². The first kappa shape index (κ1) is 11.7. The molecule has 0 aliphatic carbocycles. The van der Waals surface area contributed by atoms with Crippen molar-refractivity contribution in [1.29, 1.82) is 0 Å². The average molecular weight is 245 g/mol. The molecule has 1 fully saturated rings. The molecule has 0 saturated carbocycles. The Balaban J connectivity index is 2.14. The highest BCUT2D eigenvalue weighted by molar-refractivity contribution is 5.71. The zero-order valence-corrected chi connectivity index (χ0v) is 11.0. The maximum absolute atomic E-state index is 5.61. The first-order chi connectivity index (χ1) is 8.77. The summed E-state index contributed by atoms with van der Waals surface area (Å²) in [7, 11) is 0. The van der Waals surface area contributed by atoms with Crippen LogP contribution in [0.2, 0.25) is 0 Å². The zero-order chi connectivity index (χ0) is 12.5. The highest BCUT2D eigenvalue weighted by Gasteiger charge is 2.23. The average Bonchev–Trinajstić information content (AvgIpc) is 2.79. The minimum absolute atomic E-state index is 0.385. The van der Waals surface area contributed by atoms with E-state index in [9.17, 15) is 0 Å². The summed E-state index contributed by atoms with van der Waals surface area (Å²) in [5.74, 6) is 1.53. The molecule has 3 rings (SSSR count). The van der Waals surface area contributed by atoms with Gasteiger partial charge < -0.3 is 9.30 Å². The molecule has 4 heteroatoms. The lowest BCUT2D eigenvalue weighted by Crippen LogP contribution is -2.23. The van der Waals surface area contributed by atoms with Gasteiger partial charge in [-0.1, -0.05) is 13.8 Å². The van der Waals surface area contributed by atoms with Crippen molar-refractivity contribution in [3.63, 3.8) is 0 Å². The molecule has 0 spiro atoms. The fourth-order valence-electron chi connectivity index (χ4n) is 2.64. The van der Waals surface area contributed by atoms with Gasteiger partial charge in [0.2, 0.25) is 0 Å². The monoisotopic (exact) mass is 245 g/mol. The van der Waals surface area contributed by atoms with Gasteiger partial charge in [-0.15, -0.1) is 0 Å². The van der Waals surface area contributed by atoms with Gasteiger partial charge in [-0.05, 0) is 25.0 Å². The van der Waals surface area contributed by atoms with Gasteiger partial charge in [0.25, 0.3) is 0 Å². The lowest BCUT2D eigenvalue weighted by Gasteiger charge is -2.26. The van der Waals surface area contributed by atoms with E-state index in [1.807, 2.05) is 18.3 Å². The van der Waals surface area contributed by atoms with E-state index in [2.05, 4.69) is 23.4 Å². The van der Waals surface area contributed by atoms with Gasteiger partial charge in [-0.25, -0.2) is 9.97 Å². The first-order valence-corrected chi connectivity index (χ1v) is 6.68. The van der Waals surface area contributed by atoms with E-state index in [1.54, 1.807) is 0 Å². The van der Waals surface area contributed by atoms with Crippen molar-refractivity contribution < 1.29 is 4.74 Å². The van der Waals surface area contributed by atoms with Crippen LogP contribution in [-0.4, -0.2) is 27.7 Å². The van der Waals surface area contributed by atoms with E-state index in [0.717, 1.165) is 43.0 Å². The van der Waals surface area contributed by atoms with Crippen molar-refractivity contribution >= 4 is 11.2 Å². The Labute approximate surface area is 107 Å². The van der Waals surface area contributed by atoms with E-state index in [4.69, 9.17) is 9.72 Å². The Bertz CT molecular complexity index is 541. The van der Waals surface area contributed by atoms with Gasteiger partial charge >= 0.3 is 0 Å². The summed E-state index contributed by atoms with van der Waals surface area (Å²) in [5.41, 5.74) is 1.99. The number of fused-ring (bicyclic) bond motifs is 1. The van der Waals surface area contributed by atoms with E-state index in [1.165, 1.54) is 0 Å². The van der Waals surface area contributed by atoms with Crippen LogP contribution in [0.1, 0.15) is 44.5 Å². The quantitative estimate of drug-likeness (QED) is 0.816. The van der Waals surface area contributed by atoms with E-state index >= 15 is 0 Å². The molecule has 1 atom stereocenters. The molecular formula is C14H19N3O. The van der Waals surface area contributed by atoms with Crippen LogP contribution in [0.25, 0.3) is 11.2 Å². The number of hydrogen-bond donors (Lipinski definition) is 0. The second-order valence-corrected chi connectivity index (χ2v) is 5.21. The summed E-state index contributed by atoms with van der Waals surface area (Å²) < 4.78 is 7.90. The summed E-state index contributed by atoms with van der Waals surface area (Å²) in [6.45, 7) is 6.03. The van der Waals surface area contributed by atoms with Crippen molar-refractivity contribution in [2.45, 2.75) is 38.6 Å². The number of imidazole rings is 1. The van der Waals surface area contributed by atoms with Crippen molar-refractivity contribution in [2.75, 3.05) is 13.2 Å². The third kappa shape index (κ3) is 1.90. The molecule has 0 N–H and O–H groups in total. The zero-order valence-electron chi connectivity index (χ0n) is 11.0. The summed E-state index contributed by atoms with van der Waals surface area (Å²) in [5, 5.41) is 0. The molecule has 0 aromatic carbocycles. The first-order valence-electron chi connectivity index (χ1n) is 6.68. The number of nitrogens with zero attached hydrogens (tertiary/aromatic N) is 3. The normalized spacial score (nSPS) is 20.7. The van der Waals surface area contributed by atoms with Crippen molar-refractivity contribution in [1.82, 2.24) is 14.5 Å². The summed E-state index contributed by atoms with van der Waals surface area (Å²) in [6, 6.07) is 4.37. The van der Waals surface area contributed by atoms with Gasteiger partial charge in [-0.3, -0.25) is 0 Å². The maximum atomic E-state index is 5.61. The number of hydrogen-bond acceptors (Lipinski definition) is 3. The lowest BCUT2D eigenvalue weighted by molar-refractivity contribution is 0.0591. The van der Waals surface area contributed by atoms with Crippen molar-refractivity contribution in [2.24, 2.45) is 0 Å². The number of ether oxygens (including phenoxy) is 1. The molecule has 3 heterocycles. The highest BCUT2D eigenvalue weighted by Crippen LogP contribution is 2.28. The summed E-state index contributed by atoms with van der Waals surface area (Å²) in [4.78, 5) is 9.24. The van der Waals surface area contributed by atoms with Crippen LogP contribution in [0.3, 0.4) is 0 Å². The lowest BCUT2D eigenvalue weighted by atomic mass is 10.1. The van der Waals surface area contributed by atoms with Gasteiger partial charge in [-0.2, -0.15) is 0 Å². The van der Waals surface area contributed by atoms with Crippen molar-refractivity contribution in [3.05, 3.63) is 24.2 Å². The van der Waals surface area contributed by atoms with Crippen LogP contribution in [0.15, 0.2) is 18.3 Å². The topological polar surface area (TPSA) is 39.9 Å². The fourth-order valence-corrected chi connectivity index (χ4v) is 2.64. The minimum Gasteiger partial charge on any atom is -0.379 e. The van der Waals surface area contributed by atoms with E-state index in [-0.39, 0.29) is 0 Å². The van der Waals surface area contributed by atoms with Crippen LogP contribution in [0.4, 0.5) is 0 Å². The molecule has 1 saturated heterocycles. The third-order valence-electron chi connectivity index (χ3n) is 3.49. The Kier molecular flexibility index (Phi) is 3.04. The van der Waals surface area contributed by atoms with E-state index < -0.39 is 0 Å². The number of rotatable bonds is 2. The second-order valence-electron chi connectivity index (χ2n) is 5.21. The molecule has 1 unspecified atom stereocenters. The summed E-state index contributed by atoms with van der Waals surface area (Å²) in [6.07, 6.45) is 4.12. The molecule has 1 aliphatic rings. The molecule has 96 valence electrons. The van der Waals surface area contributed by atoms with Crippen LogP contribution < -0.4 is 0 Å². The highest BCUT2D eigenvalue weighted by atomic mass is 16.5. The molecule has 0 radical (unpaired) electrons. The van der Waals surface area contributed by atoms with Crippen LogP contribution in [0.5, 0.6) is 0 Å². The predicted octanol–water partition coefficient (Wildman–Crippen LogP) is 2.91. The largest absolute Gasteiger partial charge is 0.379 e. The van der Waals surface area contributed by atoms with Gasteiger partial charge in [0, 0.05) is 18.7 Å². The smallest absolute Gasteiger partial charge is 0.160 e. The Hall–Kier alpha value is -1.42. The Morgan fingerprint density at radius 2 is 2.33 bits per heavy atom. The Morgan fingerprint density at radius 3 is 3.06 bits per heavy atom. The van der Waals surface area contributed by atoms with Gasteiger partial charge in [0.05, 0.1) is 12.6 Å². The second kappa shape index (κ2) is 4.69. The molecule has 18 heavy (non-hydrogen) atoms. The van der Waals surface area contributed by atoms with Gasteiger partial charge in [0.15, 0.2) is 5.65 Å².